The number of thioether (sulfide) groups is 1. The van der Waals surface area contributed by atoms with Gasteiger partial charge in [-0.25, -0.2) is 4.39 Å². The first-order valence-corrected chi connectivity index (χ1v) is 11.1. The van der Waals surface area contributed by atoms with Gasteiger partial charge in [0, 0.05) is 31.2 Å². The molecule has 1 heterocycles. The molecule has 7 heteroatoms. The molecular weight excluding hydrogens is 415 g/mol. The molecule has 1 aliphatic heterocycles. The van der Waals surface area contributed by atoms with E-state index in [-0.39, 0.29) is 11.7 Å². The molecule has 0 saturated heterocycles. The van der Waals surface area contributed by atoms with E-state index in [2.05, 4.69) is 6.07 Å². The van der Waals surface area contributed by atoms with Crippen LogP contribution in [0.5, 0.6) is 0 Å². The van der Waals surface area contributed by atoms with Crippen molar-refractivity contribution in [2.45, 2.75) is 36.7 Å². The van der Waals surface area contributed by atoms with E-state index >= 15 is 0 Å². The van der Waals surface area contributed by atoms with Gasteiger partial charge in [-0.2, -0.15) is 0 Å². The first-order valence-electron chi connectivity index (χ1n) is 10.1. The van der Waals surface area contributed by atoms with Gasteiger partial charge >= 0.3 is 0 Å². The van der Waals surface area contributed by atoms with Crippen LogP contribution in [0.3, 0.4) is 0 Å². The summed E-state index contributed by atoms with van der Waals surface area (Å²) in [6.45, 7) is 0. The number of carbonyl (C=O) groups is 2. The van der Waals surface area contributed by atoms with E-state index in [9.17, 15) is 14.0 Å². The molecule has 0 bridgehead atoms. The minimum Gasteiger partial charge on any atom is -0.372 e. The molecule has 1 atom stereocenters. The fourth-order valence-corrected chi connectivity index (χ4v) is 4.02. The summed E-state index contributed by atoms with van der Waals surface area (Å²) in [5.41, 5.74) is 7.14. The minimum absolute atomic E-state index is 0.206. The lowest BCUT2D eigenvalue weighted by atomic mass is 10.1. The SMILES string of the molecule is CN1C(=O)CCSc2ccccc21.COC(CCC/C=C/c1ccc(F)cc1)C(N)=O. The van der Waals surface area contributed by atoms with Crippen molar-refractivity contribution in [3.63, 3.8) is 0 Å². The third kappa shape index (κ3) is 8.19. The molecule has 3 rings (SSSR count). The molecule has 0 fully saturated rings. The molecule has 0 aliphatic carbocycles. The zero-order valence-electron chi connectivity index (χ0n) is 17.9. The van der Waals surface area contributed by atoms with Crippen molar-refractivity contribution in [2.75, 3.05) is 24.8 Å². The van der Waals surface area contributed by atoms with Crippen LogP contribution in [0.1, 0.15) is 31.2 Å². The quantitative estimate of drug-likeness (QED) is 0.631. The number of halogens is 1. The van der Waals surface area contributed by atoms with Gasteiger partial charge < -0.3 is 15.4 Å². The van der Waals surface area contributed by atoms with Crippen molar-refractivity contribution in [3.8, 4) is 0 Å². The lowest BCUT2D eigenvalue weighted by molar-refractivity contribution is -0.128. The van der Waals surface area contributed by atoms with Gasteiger partial charge in [0.1, 0.15) is 11.9 Å². The van der Waals surface area contributed by atoms with Gasteiger partial charge in [-0.15, -0.1) is 11.8 Å². The summed E-state index contributed by atoms with van der Waals surface area (Å²) in [4.78, 5) is 25.3. The highest BCUT2D eigenvalue weighted by Crippen LogP contribution is 2.32. The van der Waals surface area contributed by atoms with Crippen LogP contribution in [0.4, 0.5) is 10.1 Å². The molecule has 0 radical (unpaired) electrons. The average Bonchev–Trinajstić information content (AvgIpc) is 2.91. The van der Waals surface area contributed by atoms with Gasteiger partial charge in [0.2, 0.25) is 11.8 Å². The average molecular weight is 445 g/mol. The molecule has 166 valence electrons. The highest BCUT2D eigenvalue weighted by Gasteiger charge is 2.18. The van der Waals surface area contributed by atoms with E-state index in [1.165, 1.54) is 24.1 Å². The highest BCUT2D eigenvalue weighted by atomic mass is 32.2. The van der Waals surface area contributed by atoms with Gasteiger partial charge in [0.05, 0.1) is 5.69 Å². The van der Waals surface area contributed by atoms with Crippen molar-refractivity contribution in [1.29, 1.82) is 0 Å². The Morgan fingerprint density at radius 2 is 1.97 bits per heavy atom. The maximum absolute atomic E-state index is 12.7. The number of methoxy groups -OCH3 is 1. The summed E-state index contributed by atoms with van der Waals surface area (Å²) < 4.78 is 17.6. The van der Waals surface area contributed by atoms with Crippen LogP contribution in [0.15, 0.2) is 59.5 Å². The standard InChI is InChI=1S/C14H18FNO2.C10H11NOS/c1-18-13(14(16)17)6-4-2-3-5-11-7-9-12(15)10-8-11;1-11-8-4-2-3-5-9(8)13-7-6-10(11)12/h3,5,7-10,13H,2,4,6H2,1H3,(H2,16,17);2-5H,6-7H2,1H3/b5-3+;. The Morgan fingerprint density at radius 1 is 1.26 bits per heavy atom. The highest BCUT2D eigenvalue weighted by molar-refractivity contribution is 7.99. The number of nitrogens with zero attached hydrogens (tertiary/aromatic N) is 1. The van der Waals surface area contributed by atoms with Crippen LogP contribution < -0.4 is 10.6 Å². The molecule has 0 saturated carbocycles. The number of amides is 2. The third-order valence-electron chi connectivity index (χ3n) is 4.79. The van der Waals surface area contributed by atoms with Crippen molar-refractivity contribution < 1.29 is 18.7 Å². The lowest BCUT2D eigenvalue weighted by Gasteiger charge is -2.16. The molecular formula is C24H29FN2O3S. The summed E-state index contributed by atoms with van der Waals surface area (Å²) in [6.07, 6.45) is 6.29. The Bertz CT molecular complexity index is 887. The number of para-hydroxylation sites is 1. The van der Waals surface area contributed by atoms with Gasteiger partial charge in [-0.3, -0.25) is 9.59 Å². The second-order valence-corrected chi connectivity index (χ2v) is 8.17. The molecule has 1 unspecified atom stereocenters. The number of carbonyl (C=O) groups excluding carboxylic acids is 2. The van der Waals surface area contributed by atoms with E-state index < -0.39 is 12.0 Å². The van der Waals surface area contributed by atoms with Crippen molar-refractivity contribution >= 4 is 35.3 Å². The number of nitrogens with two attached hydrogens (primary N) is 1. The van der Waals surface area contributed by atoms with Crippen LogP contribution in [0, 0.1) is 5.82 Å². The monoisotopic (exact) mass is 444 g/mol. The number of unbranched alkanes of at least 4 members (excludes halogenated alkanes) is 1. The fourth-order valence-electron chi connectivity index (χ4n) is 3.00. The second-order valence-electron chi connectivity index (χ2n) is 7.03. The van der Waals surface area contributed by atoms with Gasteiger partial charge in [-0.05, 0) is 49.1 Å². The number of hydrogen-bond donors (Lipinski definition) is 1. The topological polar surface area (TPSA) is 72.6 Å². The van der Waals surface area contributed by atoms with E-state index in [1.807, 2.05) is 37.4 Å². The van der Waals surface area contributed by atoms with E-state index in [0.29, 0.717) is 12.8 Å². The van der Waals surface area contributed by atoms with Crippen molar-refractivity contribution in [3.05, 3.63) is 66.0 Å². The van der Waals surface area contributed by atoms with Crippen LogP contribution in [0.25, 0.3) is 6.08 Å². The first-order chi connectivity index (χ1) is 14.9. The Kier molecular flexibility index (Phi) is 10.3. The zero-order chi connectivity index (χ0) is 22.6. The molecule has 5 nitrogen and oxygen atoms in total. The number of primary amides is 1. The van der Waals surface area contributed by atoms with Gasteiger partial charge in [-0.1, -0.05) is 36.4 Å². The molecule has 2 aromatic rings. The van der Waals surface area contributed by atoms with Crippen LogP contribution in [-0.2, 0) is 14.3 Å². The van der Waals surface area contributed by atoms with E-state index in [1.54, 1.807) is 28.8 Å². The van der Waals surface area contributed by atoms with Crippen LogP contribution in [0.2, 0.25) is 0 Å². The molecule has 2 aromatic carbocycles. The number of fused-ring (bicyclic) bond motifs is 1. The predicted octanol–water partition coefficient (Wildman–Crippen LogP) is 4.65. The van der Waals surface area contributed by atoms with Gasteiger partial charge in [0.25, 0.3) is 0 Å². The Morgan fingerprint density at radius 3 is 2.65 bits per heavy atom. The lowest BCUT2D eigenvalue weighted by Crippen LogP contribution is -2.29. The molecule has 0 spiro atoms. The first kappa shape index (κ1) is 24.6. The number of ether oxygens (including phenoxy) is 1. The second kappa shape index (κ2) is 12.9. The summed E-state index contributed by atoms with van der Waals surface area (Å²) in [5.74, 6) is 0.425. The maximum atomic E-state index is 12.7. The van der Waals surface area contributed by atoms with Crippen LogP contribution >= 0.6 is 11.8 Å². The third-order valence-corrected chi connectivity index (χ3v) is 5.86. The van der Waals surface area contributed by atoms with E-state index in [4.69, 9.17) is 10.5 Å². The van der Waals surface area contributed by atoms with E-state index in [0.717, 1.165) is 29.8 Å². The largest absolute Gasteiger partial charge is 0.372 e. The number of hydrogen-bond acceptors (Lipinski definition) is 4. The minimum atomic E-state index is -0.510. The van der Waals surface area contributed by atoms with Crippen molar-refractivity contribution in [1.82, 2.24) is 0 Å². The molecule has 2 N–H and O–H groups in total. The zero-order valence-corrected chi connectivity index (χ0v) is 18.7. The smallest absolute Gasteiger partial charge is 0.246 e. The molecule has 2 amide bonds. The fraction of sp³-hybridized carbons (Fsp3) is 0.333. The van der Waals surface area contributed by atoms with Crippen LogP contribution in [-0.4, -0.2) is 37.8 Å². The summed E-state index contributed by atoms with van der Waals surface area (Å²) in [5, 5.41) is 0. The maximum Gasteiger partial charge on any atom is 0.246 e. The molecule has 0 aromatic heterocycles. The summed E-state index contributed by atoms with van der Waals surface area (Å²) >= 11 is 1.75. The Balaban J connectivity index is 0.000000231. The number of anilines is 1. The normalized spacial score (nSPS) is 14.4. The van der Waals surface area contributed by atoms with Crippen molar-refractivity contribution in [2.24, 2.45) is 5.73 Å². The summed E-state index contributed by atoms with van der Waals surface area (Å²) in [7, 11) is 3.32. The number of rotatable bonds is 7. The Labute approximate surface area is 187 Å². The number of benzene rings is 2. The Hall–Kier alpha value is -2.64. The number of allylic oxidation sites excluding steroid dienone is 1. The molecule has 1 aliphatic rings. The summed E-state index contributed by atoms with van der Waals surface area (Å²) in [6, 6.07) is 14.3. The molecule has 31 heavy (non-hydrogen) atoms. The van der Waals surface area contributed by atoms with Gasteiger partial charge in [0.15, 0.2) is 0 Å². The predicted molar refractivity (Wildman–Crippen MR) is 124 cm³/mol.